The molecule has 0 bridgehead atoms. The van der Waals surface area contributed by atoms with Crippen LogP contribution in [0.25, 0.3) is 0 Å². The molecule has 0 N–H and O–H groups in total. The van der Waals surface area contributed by atoms with Crippen LogP contribution in [-0.4, -0.2) is 22.5 Å². The summed E-state index contributed by atoms with van der Waals surface area (Å²) in [5.74, 6) is 0. The molecule has 0 amide bonds. The Morgan fingerprint density at radius 2 is 0.536 bits per heavy atom. The van der Waals surface area contributed by atoms with Crippen molar-refractivity contribution in [3.63, 3.8) is 0 Å². The van der Waals surface area contributed by atoms with Crippen LogP contribution in [0.4, 0.5) is 75.5 Å². The summed E-state index contributed by atoms with van der Waals surface area (Å²) in [6.07, 6.45) is 0. The van der Waals surface area contributed by atoms with E-state index in [0.29, 0.717) is 0 Å². The van der Waals surface area contributed by atoms with Crippen molar-refractivity contribution in [2.45, 2.75) is 0 Å². The van der Waals surface area contributed by atoms with Gasteiger partial charge >= 0.3 is 155 Å². The van der Waals surface area contributed by atoms with Crippen molar-refractivity contribution in [2.75, 3.05) is 0 Å². The van der Waals surface area contributed by atoms with Gasteiger partial charge in [0.1, 0.15) is 0 Å². The van der Waals surface area contributed by atoms with Crippen molar-refractivity contribution in [3.05, 3.63) is 30.3 Å². The standard InChI is InChI=1S/C6H5.3F6P.Sn/c1-2-4-6-5-3-1;3*1-7(2,3,4,5)6;/h1-5H;;;;/q;3*-1;+3. The van der Waals surface area contributed by atoms with Gasteiger partial charge in [-0.2, -0.15) is 0 Å². The number of benzene rings is 1. The van der Waals surface area contributed by atoms with Crippen LogP contribution in [0.2, 0.25) is 0 Å². The molecule has 22 heteroatoms. The Morgan fingerprint density at radius 1 is 0.393 bits per heavy atom. The first-order chi connectivity index (χ1) is 10.7. The van der Waals surface area contributed by atoms with Crippen molar-refractivity contribution in [1.29, 1.82) is 0 Å². The minimum absolute atomic E-state index is 1.41. The van der Waals surface area contributed by atoms with Crippen molar-refractivity contribution in [3.8, 4) is 0 Å². The van der Waals surface area contributed by atoms with E-state index < -0.39 is 23.4 Å². The molecule has 0 aliphatic rings. The van der Waals surface area contributed by atoms with E-state index in [1.54, 1.807) is 0 Å². The molecular weight excluding hydrogens is 626 g/mol. The molecular formula is C6H5F18P3Sn. The van der Waals surface area contributed by atoms with Gasteiger partial charge in [-0.25, -0.2) is 0 Å². The van der Waals surface area contributed by atoms with E-state index in [0.717, 1.165) is 0 Å². The van der Waals surface area contributed by atoms with Gasteiger partial charge in [-0.1, -0.05) is 0 Å². The second-order valence-electron chi connectivity index (χ2n) is 4.24. The third-order valence-corrected chi connectivity index (χ3v) is 1.73. The molecule has 1 rings (SSSR count). The van der Waals surface area contributed by atoms with Crippen LogP contribution in [0.5, 0.6) is 0 Å². The molecule has 1 aromatic carbocycles. The number of halogens is 18. The third kappa shape index (κ3) is 252. The van der Waals surface area contributed by atoms with Crippen LogP contribution in [0.1, 0.15) is 0 Å². The fourth-order valence-corrected chi connectivity index (χ4v) is 0.987. The first-order valence-electron chi connectivity index (χ1n) is 5.20. The molecule has 0 radical (unpaired) electrons. The van der Waals surface area contributed by atoms with Gasteiger partial charge in [0.05, 0.1) is 0 Å². The molecule has 0 atom stereocenters. The van der Waals surface area contributed by atoms with Gasteiger partial charge in [-0.15, -0.1) is 0 Å². The van der Waals surface area contributed by atoms with Crippen molar-refractivity contribution < 1.29 is 75.5 Å². The zero-order valence-corrected chi connectivity index (χ0v) is 17.6. The summed E-state index contributed by atoms with van der Waals surface area (Å²) in [7, 11) is -32.0. The Hall–Kier alpha value is 0.0487. The topological polar surface area (TPSA) is 0 Å². The first kappa shape index (κ1) is 32.7. The average Bonchev–Trinajstić information content (AvgIpc) is 2.01. The summed E-state index contributed by atoms with van der Waals surface area (Å²) in [5.41, 5.74) is 0. The van der Waals surface area contributed by atoms with E-state index in [4.69, 9.17) is 0 Å². The number of rotatable bonds is 0. The van der Waals surface area contributed by atoms with Gasteiger partial charge in [0.25, 0.3) is 0 Å². The summed E-state index contributed by atoms with van der Waals surface area (Å²) in [6.45, 7) is 0. The third-order valence-electron chi connectivity index (χ3n) is 0.774. The monoisotopic (exact) mass is 632 g/mol. The maximum atomic E-state index is 9.87. The second-order valence-corrected chi connectivity index (χ2v) is 11.6. The predicted molar refractivity (Wildman–Crippen MR) is 72.5 cm³/mol. The Kier molecular flexibility index (Phi) is 7.62. The Balaban J connectivity index is -0.000000298. The molecule has 0 spiro atoms. The molecule has 0 aliphatic carbocycles. The summed E-state index contributed by atoms with van der Waals surface area (Å²) in [6, 6.07) is 10.4. The molecule has 0 aromatic heterocycles. The Bertz CT molecular complexity index is 528. The van der Waals surface area contributed by atoms with Crippen LogP contribution in [0, 0.1) is 0 Å². The van der Waals surface area contributed by atoms with Crippen LogP contribution in [-0.2, 0) is 0 Å². The minimum atomic E-state index is -10.7. The predicted octanol–water partition coefficient (Wildman–Crippen LogP) is 10.6. The van der Waals surface area contributed by atoms with Gasteiger partial charge in [0.15, 0.2) is 0 Å². The van der Waals surface area contributed by atoms with Crippen LogP contribution in [0.15, 0.2) is 30.3 Å². The van der Waals surface area contributed by atoms with Crippen molar-refractivity contribution in [2.24, 2.45) is 0 Å². The SMILES string of the molecule is F[P-](F)(F)(F)(F)F.F[P-](F)(F)(F)(F)F.F[P-](F)(F)(F)(F)F.[Sn+3][c]1ccccc1. The first-order valence-corrected chi connectivity index (χ1v) is 12.7. The molecule has 0 saturated heterocycles. The van der Waals surface area contributed by atoms with E-state index >= 15 is 0 Å². The Morgan fingerprint density at radius 3 is 0.607 bits per heavy atom. The molecule has 0 unspecified atom stereocenters. The van der Waals surface area contributed by atoms with Crippen LogP contribution >= 0.6 is 23.4 Å². The molecule has 0 aliphatic heterocycles. The van der Waals surface area contributed by atoms with E-state index in [1.807, 2.05) is 6.07 Å². The fourth-order valence-electron chi connectivity index (χ4n) is 0.438. The second kappa shape index (κ2) is 6.52. The van der Waals surface area contributed by atoms with Gasteiger partial charge < -0.3 is 0 Å². The summed E-state index contributed by atoms with van der Waals surface area (Å²) >= 11 is 1.49. The number of hydrogen-bond acceptors (Lipinski definition) is 0. The van der Waals surface area contributed by atoms with Crippen LogP contribution < -0.4 is 3.58 Å². The summed E-state index contributed by atoms with van der Waals surface area (Å²) in [4.78, 5) is 0. The summed E-state index contributed by atoms with van der Waals surface area (Å²) < 4.78 is 179. The normalized spacial score (nSPS) is 19.6. The molecule has 0 saturated carbocycles. The Labute approximate surface area is 156 Å². The van der Waals surface area contributed by atoms with Gasteiger partial charge in [-0.3, -0.25) is 0 Å². The van der Waals surface area contributed by atoms with Crippen LogP contribution in [0.3, 0.4) is 0 Å². The molecule has 0 fully saturated rings. The molecule has 1 aromatic rings. The zero-order chi connectivity index (χ0) is 24.3. The fraction of sp³-hybridized carbons (Fsp3) is 0. The van der Waals surface area contributed by atoms with E-state index in [1.165, 1.54) is 26.1 Å². The average molecular weight is 631 g/mol. The summed E-state index contributed by atoms with van der Waals surface area (Å²) in [5, 5.41) is 0. The zero-order valence-electron chi connectivity index (χ0n) is 12.0. The molecule has 28 heavy (non-hydrogen) atoms. The number of hydrogen-bond donors (Lipinski definition) is 0. The maximum absolute atomic E-state index is 10.7. The quantitative estimate of drug-likeness (QED) is 0.152. The van der Waals surface area contributed by atoms with Gasteiger partial charge in [-0.05, 0) is 0 Å². The molecule has 0 nitrogen and oxygen atoms in total. The van der Waals surface area contributed by atoms with E-state index in [-0.39, 0.29) is 0 Å². The van der Waals surface area contributed by atoms with E-state index in [2.05, 4.69) is 24.3 Å². The van der Waals surface area contributed by atoms with E-state index in [9.17, 15) is 75.5 Å². The molecule has 174 valence electrons. The molecule has 0 heterocycles. The van der Waals surface area contributed by atoms with Crippen molar-refractivity contribution >= 4 is 49.5 Å². The van der Waals surface area contributed by atoms with Crippen molar-refractivity contribution in [1.82, 2.24) is 0 Å². The van der Waals surface area contributed by atoms with Gasteiger partial charge in [0, 0.05) is 0 Å². The van der Waals surface area contributed by atoms with Gasteiger partial charge in [0.2, 0.25) is 0 Å².